The average Bonchev–Trinajstić information content (AvgIpc) is 2.16. The molecular formula is C13H26Na. The SMILES string of the molecule is [C]CCCCCCCCCCCC.[NaH]. The van der Waals surface area contributed by atoms with Gasteiger partial charge in [0.25, 0.3) is 0 Å². The Bertz CT molecular complexity index is 71.3. The number of rotatable bonds is 10. The van der Waals surface area contributed by atoms with Crippen LogP contribution in [0.25, 0.3) is 0 Å². The van der Waals surface area contributed by atoms with Gasteiger partial charge in [-0.3, -0.25) is 0 Å². The van der Waals surface area contributed by atoms with E-state index in [0.717, 1.165) is 6.42 Å². The molecule has 0 bridgehead atoms. The summed E-state index contributed by atoms with van der Waals surface area (Å²) in [6, 6.07) is 0. The third-order valence-corrected chi connectivity index (χ3v) is 2.53. The molecule has 0 nitrogen and oxygen atoms in total. The van der Waals surface area contributed by atoms with E-state index in [2.05, 4.69) is 6.92 Å². The Morgan fingerprint density at radius 1 is 0.643 bits per heavy atom. The van der Waals surface area contributed by atoms with Crippen molar-refractivity contribution in [3.05, 3.63) is 6.92 Å². The normalized spacial score (nSPS) is 9.86. The van der Waals surface area contributed by atoms with Crippen molar-refractivity contribution in [3.63, 3.8) is 0 Å². The maximum atomic E-state index is 7.00. The van der Waals surface area contributed by atoms with Gasteiger partial charge in [0.15, 0.2) is 0 Å². The molecule has 0 aliphatic heterocycles. The molecule has 1 heteroatoms. The first-order valence-corrected chi connectivity index (χ1v) is 6.06. The maximum absolute atomic E-state index is 7.00. The van der Waals surface area contributed by atoms with E-state index in [9.17, 15) is 0 Å². The zero-order valence-corrected chi connectivity index (χ0v) is 9.28. The summed E-state index contributed by atoms with van der Waals surface area (Å²) in [6.45, 7) is 9.26. The molecule has 0 saturated carbocycles. The van der Waals surface area contributed by atoms with Crippen molar-refractivity contribution in [2.24, 2.45) is 0 Å². The van der Waals surface area contributed by atoms with Crippen LogP contribution in [0.3, 0.4) is 0 Å². The Hall–Kier alpha value is 1.00. The molecule has 0 amide bonds. The predicted octanol–water partition coefficient (Wildman–Crippen LogP) is 4.24. The molecule has 0 aromatic heterocycles. The second-order valence-electron chi connectivity index (χ2n) is 3.93. The second-order valence-corrected chi connectivity index (χ2v) is 3.93. The Labute approximate surface area is 114 Å². The van der Waals surface area contributed by atoms with E-state index < -0.39 is 0 Å². The zero-order valence-electron chi connectivity index (χ0n) is 9.28. The molecule has 0 N–H and O–H groups in total. The van der Waals surface area contributed by atoms with E-state index >= 15 is 0 Å². The summed E-state index contributed by atoms with van der Waals surface area (Å²) in [5.74, 6) is 0. The summed E-state index contributed by atoms with van der Waals surface area (Å²) in [5.41, 5.74) is 0. The Balaban J connectivity index is 0. The molecule has 0 aromatic carbocycles. The van der Waals surface area contributed by atoms with Crippen molar-refractivity contribution < 1.29 is 0 Å². The van der Waals surface area contributed by atoms with E-state index in [0.29, 0.717) is 6.42 Å². The van der Waals surface area contributed by atoms with Crippen molar-refractivity contribution >= 4 is 29.6 Å². The van der Waals surface area contributed by atoms with Gasteiger partial charge in [0.1, 0.15) is 0 Å². The van der Waals surface area contributed by atoms with Crippen LogP contribution in [0.4, 0.5) is 0 Å². The van der Waals surface area contributed by atoms with Gasteiger partial charge < -0.3 is 0 Å². The van der Waals surface area contributed by atoms with Crippen LogP contribution < -0.4 is 0 Å². The number of hydrogen-bond donors (Lipinski definition) is 0. The molecule has 14 heavy (non-hydrogen) atoms. The Morgan fingerprint density at radius 3 is 1.36 bits per heavy atom. The topological polar surface area (TPSA) is 0 Å². The summed E-state index contributed by atoms with van der Waals surface area (Å²) in [6.07, 6.45) is 14.2. The van der Waals surface area contributed by atoms with Gasteiger partial charge in [-0.1, -0.05) is 71.1 Å². The van der Waals surface area contributed by atoms with Gasteiger partial charge in [-0.05, 0) is 13.3 Å². The average molecular weight is 205 g/mol. The molecule has 0 aliphatic carbocycles. The Kier molecular flexibility index (Phi) is 20.4. The molecule has 0 aromatic rings. The van der Waals surface area contributed by atoms with Crippen LogP contribution in [-0.2, 0) is 0 Å². The summed E-state index contributed by atoms with van der Waals surface area (Å²) in [4.78, 5) is 0. The third-order valence-electron chi connectivity index (χ3n) is 2.53. The van der Waals surface area contributed by atoms with E-state index in [1.807, 2.05) is 0 Å². The quantitative estimate of drug-likeness (QED) is 0.370. The van der Waals surface area contributed by atoms with Crippen LogP contribution in [0, 0.1) is 6.92 Å². The summed E-state index contributed by atoms with van der Waals surface area (Å²) in [7, 11) is 0. The van der Waals surface area contributed by atoms with Gasteiger partial charge >= 0.3 is 29.6 Å². The summed E-state index contributed by atoms with van der Waals surface area (Å²) < 4.78 is 0. The van der Waals surface area contributed by atoms with Crippen molar-refractivity contribution in [1.29, 1.82) is 0 Å². The van der Waals surface area contributed by atoms with Crippen molar-refractivity contribution in [2.75, 3.05) is 0 Å². The molecule has 0 aliphatic rings. The van der Waals surface area contributed by atoms with Crippen LogP contribution in [0.5, 0.6) is 0 Å². The van der Waals surface area contributed by atoms with Crippen LogP contribution in [0.1, 0.15) is 77.6 Å². The fourth-order valence-corrected chi connectivity index (χ4v) is 1.61. The van der Waals surface area contributed by atoms with Crippen LogP contribution in [0.2, 0.25) is 0 Å². The summed E-state index contributed by atoms with van der Waals surface area (Å²) >= 11 is 0. The summed E-state index contributed by atoms with van der Waals surface area (Å²) in [5, 5.41) is 0. The van der Waals surface area contributed by atoms with Gasteiger partial charge in [-0.2, -0.15) is 0 Å². The number of hydrogen-bond acceptors (Lipinski definition) is 0. The van der Waals surface area contributed by atoms with Gasteiger partial charge in [0.2, 0.25) is 0 Å². The van der Waals surface area contributed by atoms with Crippen LogP contribution >= 0.6 is 0 Å². The van der Waals surface area contributed by atoms with Crippen LogP contribution in [-0.4, -0.2) is 29.6 Å². The van der Waals surface area contributed by atoms with Gasteiger partial charge in [-0.25, -0.2) is 0 Å². The Morgan fingerprint density at radius 2 is 1.00 bits per heavy atom. The first-order chi connectivity index (χ1) is 6.41. The number of unbranched alkanes of at least 4 members (excludes halogenated alkanes) is 10. The molecule has 0 rings (SSSR count). The molecule has 0 heterocycles. The third kappa shape index (κ3) is 15.5. The zero-order chi connectivity index (χ0) is 9.78. The minimum absolute atomic E-state index is 0. The minimum atomic E-state index is 0. The molecule has 0 atom stereocenters. The van der Waals surface area contributed by atoms with Gasteiger partial charge in [0.05, 0.1) is 0 Å². The standard InChI is InChI=1S/C13H25.Na.H/c1-3-5-7-9-11-13-12-10-8-6-4-2;;/h3-13H2,1H3;;. The monoisotopic (exact) mass is 205 g/mol. The van der Waals surface area contributed by atoms with Crippen LogP contribution in [0.15, 0.2) is 0 Å². The fraction of sp³-hybridized carbons (Fsp3) is 0.923. The fourth-order valence-electron chi connectivity index (χ4n) is 1.61. The first-order valence-electron chi connectivity index (χ1n) is 6.06. The predicted molar refractivity (Wildman–Crippen MR) is 66.9 cm³/mol. The molecule has 0 fully saturated rings. The van der Waals surface area contributed by atoms with E-state index in [-0.39, 0.29) is 29.6 Å². The van der Waals surface area contributed by atoms with Crippen molar-refractivity contribution in [2.45, 2.75) is 77.6 Å². The molecule has 0 saturated heterocycles. The molecule has 3 radical (unpaired) electrons. The first kappa shape index (κ1) is 17.4. The second kappa shape index (κ2) is 16.4. The van der Waals surface area contributed by atoms with E-state index in [1.165, 1.54) is 57.8 Å². The van der Waals surface area contributed by atoms with Crippen molar-refractivity contribution in [1.82, 2.24) is 0 Å². The van der Waals surface area contributed by atoms with E-state index in [4.69, 9.17) is 6.92 Å². The van der Waals surface area contributed by atoms with E-state index in [1.54, 1.807) is 0 Å². The molecule has 0 spiro atoms. The molecular weight excluding hydrogens is 179 g/mol. The van der Waals surface area contributed by atoms with Gasteiger partial charge in [0, 0.05) is 0 Å². The van der Waals surface area contributed by atoms with Gasteiger partial charge in [-0.15, -0.1) is 0 Å². The molecule has 0 unspecified atom stereocenters. The van der Waals surface area contributed by atoms with Crippen molar-refractivity contribution in [3.8, 4) is 0 Å². The molecule has 79 valence electrons.